The summed E-state index contributed by atoms with van der Waals surface area (Å²) in [5.74, 6) is 0. The fourth-order valence-corrected chi connectivity index (χ4v) is 3.72. The average molecular weight is 288 g/mol. The second kappa shape index (κ2) is 7.31. The third-order valence-electron chi connectivity index (χ3n) is 5.74. The maximum atomic E-state index is 3.38. The molecule has 1 fully saturated rings. The molecule has 0 radical (unpaired) electrons. The Bertz CT molecular complexity index is 406. The van der Waals surface area contributed by atoms with Crippen molar-refractivity contribution in [3.8, 4) is 0 Å². The van der Waals surface area contributed by atoms with E-state index < -0.39 is 0 Å². The van der Waals surface area contributed by atoms with Crippen molar-refractivity contribution in [2.24, 2.45) is 5.41 Å². The summed E-state index contributed by atoms with van der Waals surface area (Å²) in [6.07, 6.45) is 6.48. The van der Waals surface area contributed by atoms with E-state index in [9.17, 15) is 0 Å². The number of hydrogen-bond donors (Lipinski definition) is 1. The van der Waals surface area contributed by atoms with Gasteiger partial charge in [0.15, 0.2) is 0 Å². The van der Waals surface area contributed by atoms with E-state index in [1.165, 1.54) is 50.0 Å². The van der Waals surface area contributed by atoms with Gasteiger partial charge in [-0.3, -0.25) is 0 Å². The number of piperidine rings is 1. The van der Waals surface area contributed by atoms with Gasteiger partial charge in [-0.2, -0.15) is 0 Å². The zero-order valence-corrected chi connectivity index (χ0v) is 14.3. The minimum Gasteiger partial charge on any atom is -0.371 e. The van der Waals surface area contributed by atoms with Crippen LogP contribution in [0, 0.1) is 5.41 Å². The Morgan fingerprint density at radius 1 is 1.05 bits per heavy atom. The van der Waals surface area contributed by atoms with Gasteiger partial charge in [0.05, 0.1) is 0 Å². The number of anilines is 1. The maximum absolute atomic E-state index is 3.38. The maximum Gasteiger partial charge on any atom is 0.0366 e. The molecule has 0 bridgehead atoms. The van der Waals surface area contributed by atoms with Crippen LogP contribution in [0.5, 0.6) is 0 Å². The van der Waals surface area contributed by atoms with Gasteiger partial charge in [-0.05, 0) is 49.4 Å². The highest BCUT2D eigenvalue weighted by atomic mass is 15.1. The fraction of sp³-hybridized carbons (Fsp3) is 0.684. The predicted octanol–water partition coefficient (Wildman–Crippen LogP) is 4.76. The van der Waals surface area contributed by atoms with Gasteiger partial charge in [0, 0.05) is 24.8 Å². The molecule has 2 rings (SSSR count). The number of nitrogens with one attached hydrogen (secondary N) is 1. The quantitative estimate of drug-likeness (QED) is 0.811. The van der Waals surface area contributed by atoms with Crippen LogP contribution in [0.1, 0.15) is 64.5 Å². The zero-order valence-electron chi connectivity index (χ0n) is 14.3. The van der Waals surface area contributed by atoms with Crippen LogP contribution in [-0.2, 0) is 0 Å². The van der Waals surface area contributed by atoms with E-state index in [2.05, 4.69) is 55.3 Å². The Hall–Kier alpha value is -1.02. The average Bonchev–Trinajstić information content (AvgIpc) is 2.57. The second-order valence-electron chi connectivity index (χ2n) is 6.54. The lowest BCUT2D eigenvalue weighted by atomic mass is 9.74. The van der Waals surface area contributed by atoms with Crippen molar-refractivity contribution < 1.29 is 0 Å². The smallest absolute Gasteiger partial charge is 0.0366 e. The summed E-state index contributed by atoms with van der Waals surface area (Å²) in [6, 6.07) is 9.68. The highest BCUT2D eigenvalue weighted by Gasteiger charge is 2.31. The van der Waals surface area contributed by atoms with Crippen molar-refractivity contribution in [3.05, 3.63) is 29.8 Å². The minimum absolute atomic E-state index is 0.480. The van der Waals surface area contributed by atoms with Crippen molar-refractivity contribution in [2.75, 3.05) is 25.0 Å². The van der Waals surface area contributed by atoms with Gasteiger partial charge in [0.1, 0.15) is 0 Å². The molecule has 1 unspecified atom stereocenters. The summed E-state index contributed by atoms with van der Waals surface area (Å²) in [4.78, 5) is 2.56. The fourth-order valence-electron chi connectivity index (χ4n) is 3.72. The van der Waals surface area contributed by atoms with E-state index in [0.29, 0.717) is 11.5 Å². The molecule has 1 aromatic carbocycles. The second-order valence-corrected chi connectivity index (χ2v) is 6.54. The van der Waals surface area contributed by atoms with Gasteiger partial charge in [-0.15, -0.1) is 0 Å². The van der Waals surface area contributed by atoms with Gasteiger partial charge in [-0.25, -0.2) is 0 Å². The minimum atomic E-state index is 0.480. The molecule has 0 saturated carbocycles. The first-order chi connectivity index (χ1) is 10.2. The molecule has 1 aromatic rings. The first kappa shape index (κ1) is 16.4. The van der Waals surface area contributed by atoms with E-state index in [0.717, 1.165) is 6.42 Å². The van der Waals surface area contributed by atoms with Gasteiger partial charge < -0.3 is 10.2 Å². The number of benzene rings is 1. The van der Waals surface area contributed by atoms with Crippen molar-refractivity contribution in [3.63, 3.8) is 0 Å². The third-order valence-corrected chi connectivity index (χ3v) is 5.74. The van der Waals surface area contributed by atoms with Gasteiger partial charge in [-0.1, -0.05) is 45.7 Å². The molecule has 1 heterocycles. The Morgan fingerprint density at radius 2 is 1.62 bits per heavy atom. The molecule has 0 amide bonds. The highest BCUT2D eigenvalue weighted by Crippen LogP contribution is 2.39. The Kier molecular flexibility index (Phi) is 5.69. The topological polar surface area (TPSA) is 15.3 Å². The lowest BCUT2D eigenvalue weighted by Crippen LogP contribution is -2.39. The number of nitrogens with zero attached hydrogens (tertiary/aromatic N) is 1. The molecule has 2 heteroatoms. The van der Waals surface area contributed by atoms with Crippen LogP contribution in [-0.4, -0.2) is 20.1 Å². The third kappa shape index (κ3) is 3.60. The summed E-state index contributed by atoms with van der Waals surface area (Å²) in [5, 5.41) is 3.38. The summed E-state index contributed by atoms with van der Waals surface area (Å²) in [7, 11) is 2.04. The molecule has 0 aliphatic carbocycles. The Balaban J connectivity index is 2.01. The number of rotatable bonds is 6. The Morgan fingerprint density at radius 3 is 2.05 bits per heavy atom. The van der Waals surface area contributed by atoms with Gasteiger partial charge in [0.25, 0.3) is 0 Å². The van der Waals surface area contributed by atoms with E-state index >= 15 is 0 Å². The van der Waals surface area contributed by atoms with Crippen molar-refractivity contribution >= 4 is 5.69 Å². The molecule has 118 valence electrons. The van der Waals surface area contributed by atoms with E-state index in [4.69, 9.17) is 0 Å². The van der Waals surface area contributed by atoms with E-state index in [1.807, 2.05) is 7.05 Å². The molecule has 1 atom stereocenters. The molecular formula is C19H32N2. The Labute approximate surface area is 130 Å². The van der Waals surface area contributed by atoms with Crippen LogP contribution in [0.2, 0.25) is 0 Å². The summed E-state index contributed by atoms with van der Waals surface area (Å²) in [6.45, 7) is 9.37. The molecular weight excluding hydrogens is 256 g/mol. The van der Waals surface area contributed by atoms with E-state index in [1.54, 1.807) is 0 Å². The zero-order chi connectivity index (χ0) is 15.3. The lowest BCUT2D eigenvalue weighted by Gasteiger charge is -2.42. The largest absolute Gasteiger partial charge is 0.371 e. The summed E-state index contributed by atoms with van der Waals surface area (Å²) in [5.41, 5.74) is 3.40. The molecule has 1 aliphatic rings. The first-order valence-electron chi connectivity index (χ1n) is 8.70. The van der Waals surface area contributed by atoms with Gasteiger partial charge >= 0.3 is 0 Å². The van der Waals surface area contributed by atoms with Crippen LogP contribution in [0.25, 0.3) is 0 Å². The van der Waals surface area contributed by atoms with E-state index in [-0.39, 0.29) is 0 Å². The van der Waals surface area contributed by atoms with Crippen LogP contribution < -0.4 is 10.2 Å². The molecule has 1 saturated heterocycles. The molecule has 1 N–H and O–H groups in total. The SMILES string of the molecule is CCC(NC)c1ccc(N2CCC(CC)(CC)CC2)cc1. The summed E-state index contributed by atoms with van der Waals surface area (Å²) >= 11 is 0. The summed E-state index contributed by atoms with van der Waals surface area (Å²) < 4.78 is 0. The monoisotopic (exact) mass is 288 g/mol. The molecule has 0 aromatic heterocycles. The molecule has 0 spiro atoms. The normalized spacial score (nSPS) is 19.5. The van der Waals surface area contributed by atoms with Crippen molar-refractivity contribution in [1.29, 1.82) is 0 Å². The molecule has 21 heavy (non-hydrogen) atoms. The lowest BCUT2D eigenvalue weighted by molar-refractivity contribution is 0.199. The highest BCUT2D eigenvalue weighted by molar-refractivity contribution is 5.48. The molecule has 2 nitrogen and oxygen atoms in total. The van der Waals surface area contributed by atoms with Crippen LogP contribution in [0.15, 0.2) is 24.3 Å². The molecule has 1 aliphatic heterocycles. The van der Waals surface area contributed by atoms with Gasteiger partial charge in [0.2, 0.25) is 0 Å². The standard InChI is InChI=1S/C19H32N2/c1-5-18(20-4)16-8-10-17(11-9-16)21-14-12-19(6-2,7-3)13-15-21/h8-11,18,20H,5-7,12-15H2,1-4H3. The first-order valence-corrected chi connectivity index (χ1v) is 8.70. The van der Waals surface area contributed by atoms with Crippen molar-refractivity contribution in [2.45, 2.75) is 58.9 Å². The van der Waals surface area contributed by atoms with Crippen LogP contribution >= 0.6 is 0 Å². The van der Waals surface area contributed by atoms with Crippen LogP contribution in [0.3, 0.4) is 0 Å². The predicted molar refractivity (Wildman–Crippen MR) is 93.0 cm³/mol. The number of hydrogen-bond acceptors (Lipinski definition) is 2. The van der Waals surface area contributed by atoms with Crippen molar-refractivity contribution in [1.82, 2.24) is 5.32 Å². The van der Waals surface area contributed by atoms with Crippen LogP contribution in [0.4, 0.5) is 5.69 Å².